The number of fused-ring (bicyclic) bond motifs is 2. The van der Waals surface area contributed by atoms with Crippen molar-refractivity contribution in [3.63, 3.8) is 0 Å². The van der Waals surface area contributed by atoms with Crippen molar-refractivity contribution >= 4 is 29.3 Å². The van der Waals surface area contributed by atoms with Gasteiger partial charge in [-0.3, -0.25) is 0 Å². The van der Waals surface area contributed by atoms with E-state index in [2.05, 4.69) is 102 Å². The molecule has 2 aliphatic carbocycles. The summed E-state index contributed by atoms with van der Waals surface area (Å²) in [6, 6.07) is 17.4. The Labute approximate surface area is 257 Å². The van der Waals surface area contributed by atoms with Crippen LogP contribution < -0.4 is 35.3 Å². The average Bonchev–Trinajstić information content (AvgIpc) is 3.39. The van der Waals surface area contributed by atoms with Crippen LogP contribution in [0.4, 0.5) is 0 Å². The molecule has 3 aromatic rings. The summed E-state index contributed by atoms with van der Waals surface area (Å²) in [5.41, 5.74) is 7.79. The second-order valence-electron chi connectivity index (χ2n) is 11.5. The van der Waals surface area contributed by atoms with Gasteiger partial charge in [-0.2, -0.15) is 0 Å². The van der Waals surface area contributed by atoms with Crippen molar-refractivity contribution < 1.29 is 51.0 Å². The molecule has 189 valence electrons. The third kappa shape index (κ3) is 6.28. The largest absolute Gasteiger partial charge is 3.00 e. The van der Waals surface area contributed by atoms with E-state index in [9.17, 15) is 0 Å². The molecule has 0 bridgehead atoms. The summed E-state index contributed by atoms with van der Waals surface area (Å²) in [7, 11) is 0. The number of hydrogen-bond acceptors (Lipinski definition) is 0. The molecule has 0 unspecified atom stereocenters. The maximum absolute atomic E-state index is 6.36. The minimum Gasteiger partial charge on any atom is -1.00 e. The quantitative estimate of drug-likeness (QED) is 0.296. The summed E-state index contributed by atoms with van der Waals surface area (Å²) >= 11 is 6.36. The van der Waals surface area contributed by atoms with Gasteiger partial charge >= 0.3 is 26.2 Å². The van der Waals surface area contributed by atoms with Crippen molar-refractivity contribution in [1.82, 2.24) is 0 Å². The molecule has 0 atom stereocenters. The Morgan fingerprint density at radius 2 is 1.59 bits per heavy atom. The zero-order valence-corrected chi connectivity index (χ0v) is 27.0. The van der Waals surface area contributed by atoms with E-state index in [1.807, 2.05) is 18.2 Å². The maximum Gasteiger partial charge on any atom is 3.00 e. The van der Waals surface area contributed by atoms with E-state index in [0.717, 1.165) is 17.0 Å². The average molecular weight is 626 g/mol. The van der Waals surface area contributed by atoms with E-state index in [-0.39, 0.29) is 61.8 Å². The van der Waals surface area contributed by atoms with E-state index in [4.69, 9.17) is 11.6 Å². The van der Waals surface area contributed by atoms with Crippen LogP contribution >= 0.6 is 11.6 Å². The molecule has 0 saturated heterocycles. The Morgan fingerprint density at radius 3 is 2.19 bits per heavy atom. The first kappa shape index (κ1) is 31.8. The van der Waals surface area contributed by atoms with E-state index in [1.54, 1.807) is 0 Å². The zero-order chi connectivity index (χ0) is 24.3. The standard InChI is InChI=1S/C33H32Cl.2ClH.Zr/c1-32(2,3)24-15-14-23-18-28-27(26(23)19-24)20-30(33(4,5)6)29(31(28)22-11-7-8-12-22)17-21-10-9-13-25(34)16-21;;;/h7-11,13-17,19-20H,12H2,1-6H3;2*1H;/q-1;;;+3/p-2. The van der Waals surface area contributed by atoms with Crippen LogP contribution in [0.3, 0.4) is 0 Å². The Kier molecular flexibility index (Phi) is 10.2. The number of hydrogen-bond donors (Lipinski definition) is 0. The first-order chi connectivity index (χ1) is 16.0. The minimum absolute atomic E-state index is 0. The van der Waals surface area contributed by atoms with Gasteiger partial charge in [0.25, 0.3) is 0 Å². The predicted octanol–water partition coefficient (Wildman–Crippen LogP) is 1.42. The third-order valence-electron chi connectivity index (χ3n) is 6.86. The van der Waals surface area contributed by atoms with E-state index >= 15 is 0 Å². The summed E-state index contributed by atoms with van der Waals surface area (Å²) in [6.45, 7) is 13.8. The molecular formula is C33H32Cl3Zr. The predicted molar refractivity (Wildman–Crippen MR) is 146 cm³/mol. The minimum atomic E-state index is -0.0226. The first-order valence-corrected chi connectivity index (χ1v) is 12.5. The van der Waals surface area contributed by atoms with Gasteiger partial charge in [0.15, 0.2) is 0 Å². The molecule has 3 aromatic carbocycles. The molecule has 0 nitrogen and oxygen atoms in total. The number of allylic oxidation sites excluding steroid dienone is 4. The van der Waals surface area contributed by atoms with Crippen molar-refractivity contribution in [3.8, 4) is 0 Å². The first-order valence-electron chi connectivity index (χ1n) is 12.1. The molecule has 37 heavy (non-hydrogen) atoms. The topological polar surface area (TPSA) is 0 Å². The van der Waals surface area contributed by atoms with Gasteiger partial charge in [0, 0.05) is 5.02 Å². The normalized spacial score (nSPS) is 14.0. The summed E-state index contributed by atoms with van der Waals surface area (Å²) in [6.07, 6.45) is 13.7. The van der Waals surface area contributed by atoms with Gasteiger partial charge in [0.2, 0.25) is 0 Å². The molecule has 0 aromatic heterocycles. The molecule has 0 aliphatic heterocycles. The van der Waals surface area contributed by atoms with E-state index in [0.29, 0.717) is 0 Å². The fraction of sp³-hybridized carbons (Fsp3) is 0.273. The van der Waals surface area contributed by atoms with Gasteiger partial charge in [-0.1, -0.05) is 124 Å². The summed E-state index contributed by atoms with van der Waals surface area (Å²) < 4.78 is 0. The fourth-order valence-electron chi connectivity index (χ4n) is 5.02. The number of benzene rings is 3. The molecule has 5 rings (SSSR count). The van der Waals surface area contributed by atoms with Crippen molar-refractivity contribution in [2.24, 2.45) is 0 Å². The van der Waals surface area contributed by atoms with Crippen molar-refractivity contribution in [2.75, 3.05) is 0 Å². The van der Waals surface area contributed by atoms with Gasteiger partial charge < -0.3 is 24.8 Å². The van der Waals surface area contributed by atoms with Gasteiger partial charge in [-0.15, -0.1) is 33.4 Å². The van der Waals surface area contributed by atoms with Crippen molar-refractivity contribution in [1.29, 1.82) is 0 Å². The second kappa shape index (κ2) is 11.8. The third-order valence-corrected chi connectivity index (χ3v) is 7.10. The van der Waals surface area contributed by atoms with Crippen LogP contribution in [0, 0.1) is 10.4 Å². The van der Waals surface area contributed by atoms with Crippen molar-refractivity contribution in [3.05, 3.63) is 120 Å². The van der Waals surface area contributed by atoms with Crippen molar-refractivity contribution in [2.45, 2.75) is 58.8 Å². The summed E-state index contributed by atoms with van der Waals surface area (Å²) in [4.78, 5) is 0. The molecular weight excluding hydrogens is 594 g/mol. The van der Waals surface area contributed by atoms with Crippen LogP contribution in [-0.2, 0) is 37.0 Å². The van der Waals surface area contributed by atoms with Crippen LogP contribution in [0.25, 0.3) is 17.7 Å². The molecule has 0 heterocycles. The van der Waals surface area contributed by atoms with Gasteiger partial charge in [0.05, 0.1) is 0 Å². The van der Waals surface area contributed by atoms with Gasteiger partial charge in [-0.25, -0.2) is 0 Å². The van der Waals surface area contributed by atoms with Crippen LogP contribution in [0.1, 0.15) is 75.8 Å². The number of halogens is 3. The molecule has 2 aliphatic rings. The molecule has 0 spiro atoms. The number of rotatable bonds is 2. The fourth-order valence-corrected chi connectivity index (χ4v) is 5.22. The Balaban J connectivity index is 0.00000160. The maximum atomic E-state index is 6.36. The SMILES string of the molecule is CC(C)(C)c1ccc2c(c1)=c1cc(C(C)(C)C)c(=Cc3cccc(Cl)c3)c(C3=CC=CC3)c1[C-]=2.[Cl-].[Cl-].[Zr+3]. The van der Waals surface area contributed by atoms with Crippen LogP contribution in [-0.4, -0.2) is 0 Å². The summed E-state index contributed by atoms with van der Waals surface area (Å²) in [5, 5.41) is 5.83. The molecule has 4 heteroatoms. The van der Waals surface area contributed by atoms with Crippen LogP contribution in [0.2, 0.25) is 5.02 Å². The molecule has 0 N–H and O–H groups in total. The van der Waals surface area contributed by atoms with E-state index < -0.39 is 0 Å². The second-order valence-corrected chi connectivity index (χ2v) is 12.0. The molecule has 1 radical (unpaired) electrons. The molecule has 0 fully saturated rings. The smallest absolute Gasteiger partial charge is 1.00 e. The van der Waals surface area contributed by atoms with Gasteiger partial charge in [-0.05, 0) is 45.7 Å². The zero-order valence-electron chi connectivity index (χ0n) is 22.3. The molecule has 0 amide bonds. The van der Waals surface area contributed by atoms with E-state index in [1.165, 1.54) is 48.7 Å². The Bertz CT molecular complexity index is 1600. The van der Waals surface area contributed by atoms with Gasteiger partial charge in [0.1, 0.15) is 0 Å². The Morgan fingerprint density at radius 1 is 0.865 bits per heavy atom. The molecule has 0 saturated carbocycles. The van der Waals surface area contributed by atoms with Crippen LogP contribution in [0.5, 0.6) is 0 Å². The monoisotopic (exact) mass is 623 g/mol. The Hall–Kier alpha value is -1.37. The summed E-state index contributed by atoms with van der Waals surface area (Å²) in [5.74, 6) is 0. The van der Waals surface area contributed by atoms with Crippen LogP contribution in [0.15, 0.2) is 66.8 Å².